The Bertz CT molecular complexity index is 1210. The van der Waals surface area contributed by atoms with Crippen LogP contribution in [0.25, 0.3) is 0 Å². The molecule has 0 saturated heterocycles. The minimum absolute atomic E-state index is 0.0468. The summed E-state index contributed by atoms with van der Waals surface area (Å²) in [7, 11) is -3.82. The third-order valence-electron chi connectivity index (χ3n) is 6.46. The summed E-state index contributed by atoms with van der Waals surface area (Å²) >= 11 is 3.41. The second-order valence-corrected chi connectivity index (χ2v) is 11.9. The molecule has 0 spiro atoms. The third kappa shape index (κ3) is 6.31. The van der Waals surface area contributed by atoms with Gasteiger partial charge in [0.25, 0.3) is 0 Å². The standard InChI is InChI=1S/C25H30BrN3O6S/c1-17(25(31)27-20-5-3-4-6-20)28(14-18-7-9-19(26)10-8-18)24(30)15-29(36(2,32)33)21-11-12-22-23(13-21)35-16-34-22/h7-13,17,20H,3-6,14-16H2,1-2H3,(H,27,31)/t17-/m0/s1. The van der Waals surface area contributed by atoms with Crippen LogP contribution in [0.4, 0.5) is 5.69 Å². The van der Waals surface area contributed by atoms with Crippen LogP contribution in [0.2, 0.25) is 0 Å². The van der Waals surface area contributed by atoms with Crippen molar-refractivity contribution in [1.82, 2.24) is 10.2 Å². The molecule has 36 heavy (non-hydrogen) atoms. The molecule has 194 valence electrons. The highest BCUT2D eigenvalue weighted by Gasteiger charge is 2.32. The van der Waals surface area contributed by atoms with Gasteiger partial charge in [0.05, 0.1) is 11.9 Å². The molecule has 4 rings (SSSR count). The van der Waals surface area contributed by atoms with E-state index in [1.807, 2.05) is 24.3 Å². The first-order valence-electron chi connectivity index (χ1n) is 11.8. The molecule has 1 N–H and O–H groups in total. The smallest absolute Gasteiger partial charge is 0.244 e. The number of benzene rings is 2. The first-order valence-corrected chi connectivity index (χ1v) is 14.5. The van der Waals surface area contributed by atoms with Gasteiger partial charge in [-0.25, -0.2) is 8.42 Å². The number of carbonyl (C=O) groups is 2. The predicted molar refractivity (Wildman–Crippen MR) is 139 cm³/mol. The lowest BCUT2D eigenvalue weighted by Gasteiger charge is -2.32. The van der Waals surface area contributed by atoms with Gasteiger partial charge in [0.15, 0.2) is 11.5 Å². The molecule has 2 amide bonds. The van der Waals surface area contributed by atoms with Crippen LogP contribution >= 0.6 is 15.9 Å². The Labute approximate surface area is 219 Å². The molecule has 1 aliphatic carbocycles. The fourth-order valence-corrected chi connectivity index (χ4v) is 5.52. The molecule has 11 heteroatoms. The van der Waals surface area contributed by atoms with Gasteiger partial charge in [0.1, 0.15) is 12.6 Å². The first kappa shape index (κ1) is 26.3. The van der Waals surface area contributed by atoms with E-state index in [-0.39, 0.29) is 31.0 Å². The molecule has 2 aromatic rings. The van der Waals surface area contributed by atoms with Gasteiger partial charge in [-0.2, -0.15) is 0 Å². The number of hydrogen-bond donors (Lipinski definition) is 1. The van der Waals surface area contributed by atoms with Crippen LogP contribution in [-0.4, -0.2) is 56.8 Å². The van der Waals surface area contributed by atoms with Crippen LogP contribution in [0, 0.1) is 0 Å². The highest BCUT2D eigenvalue weighted by atomic mass is 79.9. The van der Waals surface area contributed by atoms with Crippen LogP contribution in [-0.2, 0) is 26.2 Å². The number of fused-ring (bicyclic) bond motifs is 1. The number of hydrogen-bond acceptors (Lipinski definition) is 6. The van der Waals surface area contributed by atoms with Gasteiger partial charge in [-0.1, -0.05) is 40.9 Å². The van der Waals surface area contributed by atoms with Crippen LogP contribution in [0.5, 0.6) is 11.5 Å². The van der Waals surface area contributed by atoms with Gasteiger partial charge in [0.2, 0.25) is 28.6 Å². The second kappa shape index (κ2) is 11.1. The van der Waals surface area contributed by atoms with E-state index < -0.39 is 28.5 Å². The van der Waals surface area contributed by atoms with Gasteiger partial charge >= 0.3 is 0 Å². The Kier molecular flexibility index (Phi) is 8.09. The van der Waals surface area contributed by atoms with E-state index in [2.05, 4.69) is 21.2 Å². The van der Waals surface area contributed by atoms with Crippen molar-refractivity contribution >= 4 is 43.5 Å². The fraction of sp³-hybridized carbons (Fsp3) is 0.440. The Morgan fingerprint density at radius 1 is 1.08 bits per heavy atom. The number of halogens is 1. The molecule has 1 aliphatic heterocycles. The summed E-state index contributed by atoms with van der Waals surface area (Å²) in [4.78, 5) is 28.2. The molecule has 1 fully saturated rings. The van der Waals surface area contributed by atoms with E-state index in [4.69, 9.17) is 9.47 Å². The number of carbonyl (C=O) groups excluding carboxylic acids is 2. The molecule has 9 nitrogen and oxygen atoms in total. The van der Waals surface area contributed by atoms with Gasteiger partial charge in [0, 0.05) is 23.1 Å². The lowest BCUT2D eigenvalue weighted by Crippen LogP contribution is -2.52. The van der Waals surface area contributed by atoms with Gasteiger partial charge in [-0.15, -0.1) is 0 Å². The summed E-state index contributed by atoms with van der Waals surface area (Å²) < 4.78 is 38.0. The highest BCUT2D eigenvalue weighted by Crippen LogP contribution is 2.36. The quantitative estimate of drug-likeness (QED) is 0.488. The molecule has 2 aromatic carbocycles. The molecule has 0 aromatic heterocycles. The predicted octanol–water partition coefficient (Wildman–Crippen LogP) is 3.42. The molecule has 2 aliphatic rings. The molecule has 1 saturated carbocycles. The molecule has 1 atom stereocenters. The zero-order valence-corrected chi connectivity index (χ0v) is 22.7. The number of ether oxygens (including phenoxy) is 2. The minimum atomic E-state index is -3.82. The molecule has 0 unspecified atom stereocenters. The van der Waals surface area contributed by atoms with Crippen molar-refractivity contribution in [2.45, 2.75) is 51.2 Å². The monoisotopic (exact) mass is 579 g/mol. The maximum absolute atomic E-state index is 13.6. The Morgan fingerprint density at radius 2 is 1.75 bits per heavy atom. The number of sulfonamides is 1. The topological polar surface area (TPSA) is 105 Å². The van der Waals surface area contributed by atoms with E-state index >= 15 is 0 Å². The normalized spacial score (nSPS) is 16.0. The summed E-state index contributed by atoms with van der Waals surface area (Å²) in [5.41, 5.74) is 1.10. The van der Waals surface area contributed by atoms with Crippen molar-refractivity contribution in [2.24, 2.45) is 0 Å². The average Bonchev–Trinajstić information content (AvgIpc) is 3.52. The van der Waals surface area contributed by atoms with E-state index in [0.29, 0.717) is 11.5 Å². The first-order chi connectivity index (χ1) is 17.1. The summed E-state index contributed by atoms with van der Waals surface area (Å²) in [5.74, 6) is 0.175. The SMILES string of the molecule is C[C@@H](C(=O)NC1CCCC1)N(Cc1ccc(Br)cc1)C(=O)CN(c1ccc2c(c1)OCO2)S(C)(=O)=O. The Hall–Kier alpha value is -2.79. The van der Waals surface area contributed by atoms with Crippen LogP contribution in [0.3, 0.4) is 0 Å². The maximum atomic E-state index is 13.6. The largest absolute Gasteiger partial charge is 0.454 e. The van der Waals surface area contributed by atoms with E-state index in [9.17, 15) is 18.0 Å². The van der Waals surface area contributed by atoms with Crippen LogP contribution in [0.1, 0.15) is 38.2 Å². The number of anilines is 1. The van der Waals surface area contributed by atoms with Crippen molar-refractivity contribution in [3.8, 4) is 11.5 Å². The van der Waals surface area contributed by atoms with Crippen molar-refractivity contribution in [3.63, 3.8) is 0 Å². The maximum Gasteiger partial charge on any atom is 0.244 e. The number of nitrogens with one attached hydrogen (secondary N) is 1. The number of rotatable bonds is 9. The van der Waals surface area contributed by atoms with Crippen LogP contribution < -0.4 is 19.1 Å². The molecular weight excluding hydrogens is 550 g/mol. The molecule has 0 bridgehead atoms. The van der Waals surface area contributed by atoms with E-state index in [1.54, 1.807) is 19.1 Å². The Balaban J connectivity index is 1.59. The van der Waals surface area contributed by atoms with Gasteiger partial charge in [-0.05, 0) is 49.6 Å². The number of amides is 2. The number of nitrogens with zero attached hydrogens (tertiary/aromatic N) is 2. The Morgan fingerprint density at radius 3 is 2.42 bits per heavy atom. The fourth-order valence-electron chi connectivity index (χ4n) is 4.42. The van der Waals surface area contributed by atoms with Crippen molar-refractivity contribution in [2.75, 3.05) is 23.9 Å². The minimum Gasteiger partial charge on any atom is -0.454 e. The average molecular weight is 581 g/mol. The molecule has 0 radical (unpaired) electrons. The summed E-state index contributed by atoms with van der Waals surface area (Å²) in [5, 5.41) is 3.05. The van der Waals surface area contributed by atoms with E-state index in [0.717, 1.165) is 46.3 Å². The molecule has 1 heterocycles. The van der Waals surface area contributed by atoms with Crippen LogP contribution in [0.15, 0.2) is 46.9 Å². The highest BCUT2D eigenvalue weighted by molar-refractivity contribution is 9.10. The summed E-state index contributed by atoms with van der Waals surface area (Å²) in [6.07, 6.45) is 5.02. The van der Waals surface area contributed by atoms with Crippen molar-refractivity contribution < 1.29 is 27.5 Å². The van der Waals surface area contributed by atoms with Crippen molar-refractivity contribution in [3.05, 3.63) is 52.5 Å². The zero-order valence-electron chi connectivity index (χ0n) is 20.3. The molecular formula is C25H30BrN3O6S. The second-order valence-electron chi connectivity index (χ2n) is 9.12. The van der Waals surface area contributed by atoms with Gasteiger partial charge < -0.3 is 19.7 Å². The van der Waals surface area contributed by atoms with Gasteiger partial charge in [-0.3, -0.25) is 13.9 Å². The third-order valence-corrected chi connectivity index (χ3v) is 8.13. The lowest BCUT2D eigenvalue weighted by molar-refractivity contribution is -0.139. The lowest BCUT2D eigenvalue weighted by atomic mass is 10.1. The summed E-state index contributed by atoms with van der Waals surface area (Å²) in [6.45, 7) is 1.41. The summed E-state index contributed by atoms with van der Waals surface area (Å²) in [6, 6.07) is 11.5. The zero-order chi connectivity index (χ0) is 25.9. The van der Waals surface area contributed by atoms with E-state index in [1.165, 1.54) is 11.0 Å². The van der Waals surface area contributed by atoms with Crippen molar-refractivity contribution in [1.29, 1.82) is 0 Å².